The highest BCUT2D eigenvalue weighted by Gasteiger charge is 2.37. The van der Waals surface area contributed by atoms with Gasteiger partial charge in [-0.1, -0.05) is 19.4 Å². The summed E-state index contributed by atoms with van der Waals surface area (Å²) in [4.78, 5) is 36.0. The van der Waals surface area contributed by atoms with Gasteiger partial charge in [-0.2, -0.15) is 5.26 Å². The van der Waals surface area contributed by atoms with Crippen LogP contribution in [-0.2, 0) is 24.0 Å². The number of carbonyl (C=O) groups is 3. The van der Waals surface area contributed by atoms with Crippen molar-refractivity contribution < 1.29 is 34.4 Å². The van der Waals surface area contributed by atoms with Gasteiger partial charge >= 0.3 is 17.9 Å². The van der Waals surface area contributed by atoms with Crippen LogP contribution >= 0.6 is 0 Å². The summed E-state index contributed by atoms with van der Waals surface area (Å²) in [5.41, 5.74) is 0.176. The van der Waals surface area contributed by atoms with E-state index in [0.717, 1.165) is 12.8 Å². The van der Waals surface area contributed by atoms with Crippen molar-refractivity contribution in [2.75, 3.05) is 6.61 Å². The van der Waals surface area contributed by atoms with Crippen molar-refractivity contribution in [2.24, 2.45) is 11.8 Å². The number of carboxylic acids is 1. The molecule has 0 aliphatic heterocycles. The zero-order valence-corrected chi connectivity index (χ0v) is 12.3. The second-order valence-corrected chi connectivity index (χ2v) is 4.75. The third kappa shape index (κ3) is 6.89. The van der Waals surface area contributed by atoms with Crippen molar-refractivity contribution in [2.45, 2.75) is 39.5 Å². The van der Waals surface area contributed by atoms with Gasteiger partial charge in [0.05, 0.1) is 18.4 Å². The molecule has 0 aromatic heterocycles. The molecule has 1 aliphatic rings. The van der Waals surface area contributed by atoms with Crippen LogP contribution < -0.4 is 0 Å². The van der Waals surface area contributed by atoms with E-state index in [1.54, 1.807) is 6.92 Å². The van der Waals surface area contributed by atoms with Crippen LogP contribution in [0.4, 0.5) is 0 Å². The van der Waals surface area contributed by atoms with Crippen LogP contribution in [0.25, 0.3) is 0 Å². The molecule has 2 N–H and O–H groups in total. The molecule has 0 amide bonds. The molecule has 0 spiro atoms. The summed E-state index contributed by atoms with van der Waals surface area (Å²) in [5, 5.41) is 16.2. The summed E-state index contributed by atoms with van der Waals surface area (Å²) in [6.45, 7) is 6.63. The fourth-order valence-electron chi connectivity index (χ4n) is 2.01. The summed E-state index contributed by atoms with van der Waals surface area (Å²) in [6, 6.07) is 0. The molecule has 1 fully saturated rings. The van der Waals surface area contributed by atoms with E-state index < -0.39 is 23.8 Å². The standard InChI is InChI=1S/C10H16O5.C4H6O2/c1-2-14-9(11)7-5-3-4-6-8(7)10(12)15-13;1-3(2)4(5)6/h7-8,13H,2-6H2,1H3;1H2,2H3,(H,5,6). The quantitative estimate of drug-likeness (QED) is 0.354. The Labute approximate surface area is 123 Å². The third-order valence-electron chi connectivity index (χ3n) is 3.11. The number of carboxylic acid groups (broad SMARTS) is 1. The fourth-order valence-corrected chi connectivity index (χ4v) is 2.01. The lowest BCUT2D eigenvalue weighted by Crippen LogP contribution is -2.34. The van der Waals surface area contributed by atoms with E-state index in [1.165, 1.54) is 6.92 Å². The van der Waals surface area contributed by atoms with Crippen molar-refractivity contribution in [3.8, 4) is 0 Å². The van der Waals surface area contributed by atoms with Crippen LogP contribution in [0.5, 0.6) is 0 Å². The molecule has 0 bridgehead atoms. The number of rotatable bonds is 4. The van der Waals surface area contributed by atoms with Crippen molar-refractivity contribution in [1.82, 2.24) is 0 Å². The first-order chi connectivity index (χ1) is 9.84. The monoisotopic (exact) mass is 302 g/mol. The molecule has 0 heterocycles. The summed E-state index contributed by atoms with van der Waals surface area (Å²) in [7, 11) is 0. The predicted octanol–water partition coefficient (Wildman–Crippen LogP) is 2.02. The molecule has 2 unspecified atom stereocenters. The molecule has 1 aliphatic carbocycles. The number of esters is 1. The zero-order chi connectivity index (χ0) is 16.4. The molecule has 0 saturated heterocycles. The molecular weight excluding hydrogens is 280 g/mol. The number of aliphatic carboxylic acids is 1. The minimum atomic E-state index is -0.935. The first-order valence-corrected chi connectivity index (χ1v) is 6.75. The Morgan fingerprint density at radius 2 is 1.57 bits per heavy atom. The number of carbonyl (C=O) groups excluding carboxylic acids is 2. The molecule has 7 nitrogen and oxygen atoms in total. The van der Waals surface area contributed by atoms with Gasteiger partial charge in [0.1, 0.15) is 0 Å². The predicted molar refractivity (Wildman–Crippen MR) is 73.3 cm³/mol. The van der Waals surface area contributed by atoms with Crippen LogP contribution in [0.3, 0.4) is 0 Å². The minimum absolute atomic E-state index is 0.176. The van der Waals surface area contributed by atoms with Gasteiger partial charge in [0.2, 0.25) is 0 Å². The van der Waals surface area contributed by atoms with E-state index in [0.29, 0.717) is 19.4 Å². The summed E-state index contributed by atoms with van der Waals surface area (Å²) in [6.07, 6.45) is 2.97. The molecule has 120 valence electrons. The van der Waals surface area contributed by atoms with E-state index in [4.69, 9.17) is 15.1 Å². The first kappa shape index (κ1) is 19.1. The lowest BCUT2D eigenvalue weighted by molar-refractivity contribution is -0.242. The van der Waals surface area contributed by atoms with E-state index in [-0.39, 0.29) is 11.5 Å². The molecular formula is C14H22O7. The van der Waals surface area contributed by atoms with Gasteiger partial charge in [-0.05, 0) is 26.7 Å². The van der Waals surface area contributed by atoms with Gasteiger partial charge < -0.3 is 14.7 Å². The summed E-state index contributed by atoms with van der Waals surface area (Å²) in [5.74, 6) is -3.04. The van der Waals surface area contributed by atoms with E-state index in [9.17, 15) is 14.4 Å². The summed E-state index contributed by atoms with van der Waals surface area (Å²) < 4.78 is 4.88. The zero-order valence-electron chi connectivity index (χ0n) is 12.3. The molecule has 0 aromatic carbocycles. The first-order valence-electron chi connectivity index (χ1n) is 6.75. The second-order valence-electron chi connectivity index (χ2n) is 4.75. The Morgan fingerprint density at radius 1 is 1.14 bits per heavy atom. The molecule has 1 saturated carbocycles. The normalized spacial score (nSPS) is 20.5. The molecule has 0 radical (unpaired) electrons. The average molecular weight is 302 g/mol. The maximum atomic E-state index is 11.5. The van der Waals surface area contributed by atoms with Gasteiger partial charge in [-0.25, -0.2) is 9.59 Å². The highest BCUT2D eigenvalue weighted by atomic mass is 17.1. The molecule has 2 atom stereocenters. The largest absolute Gasteiger partial charge is 0.478 e. The minimum Gasteiger partial charge on any atom is -0.478 e. The van der Waals surface area contributed by atoms with Crippen molar-refractivity contribution in [3.05, 3.63) is 12.2 Å². The number of ether oxygens (including phenoxy) is 1. The Hall–Kier alpha value is -1.89. The van der Waals surface area contributed by atoms with Gasteiger partial charge in [0, 0.05) is 5.57 Å². The molecule has 1 rings (SSSR count). The van der Waals surface area contributed by atoms with Crippen LogP contribution in [0.15, 0.2) is 12.2 Å². The average Bonchev–Trinajstić information content (AvgIpc) is 2.47. The Kier molecular flexibility index (Phi) is 9.03. The Bertz CT molecular complexity index is 377. The fraction of sp³-hybridized carbons (Fsp3) is 0.643. The summed E-state index contributed by atoms with van der Waals surface area (Å²) >= 11 is 0. The van der Waals surface area contributed by atoms with E-state index in [1.807, 2.05) is 0 Å². The van der Waals surface area contributed by atoms with Crippen molar-refractivity contribution in [1.29, 1.82) is 0 Å². The van der Waals surface area contributed by atoms with Crippen molar-refractivity contribution >= 4 is 17.9 Å². The number of hydrogen-bond donors (Lipinski definition) is 2. The van der Waals surface area contributed by atoms with E-state index in [2.05, 4.69) is 11.5 Å². The lowest BCUT2D eigenvalue weighted by Gasteiger charge is -2.26. The third-order valence-corrected chi connectivity index (χ3v) is 3.11. The van der Waals surface area contributed by atoms with Crippen LogP contribution in [0.1, 0.15) is 39.5 Å². The smallest absolute Gasteiger partial charge is 0.345 e. The lowest BCUT2D eigenvalue weighted by atomic mass is 9.79. The van der Waals surface area contributed by atoms with Gasteiger partial charge in [0.25, 0.3) is 0 Å². The van der Waals surface area contributed by atoms with Gasteiger partial charge in [-0.15, -0.1) is 0 Å². The van der Waals surface area contributed by atoms with Gasteiger partial charge in [-0.3, -0.25) is 4.79 Å². The van der Waals surface area contributed by atoms with E-state index >= 15 is 0 Å². The maximum Gasteiger partial charge on any atom is 0.345 e. The second kappa shape index (κ2) is 9.93. The Balaban J connectivity index is 0.000000567. The van der Waals surface area contributed by atoms with Crippen LogP contribution in [0.2, 0.25) is 0 Å². The topological polar surface area (TPSA) is 110 Å². The number of hydrogen-bond acceptors (Lipinski definition) is 6. The molecule has 0 aromatic rings. The SMILES string of the molecule is C=C(C)C(=O)O.CCOC(=O)C1CCCCC1C(=O)OO. The Morgan fingerprint density at radius 3 is 1.90 bits per heavy atom. The van der Waals surface area contributed by atoms with Crippen LogP contribution in [0, 0.1) is 11.8 Å². The van der Waals surface area contributed by atoms with Crippen LogP contribution in [-0.4, -0.2) is 34.9 Å². The highest BCUT2D eigenvalue weighted by Crippen LogP contribution is 2.31. The maximum absolute atomic E-state index is 11.5. The van der Waals surface area contributed by atoms with Crippen molar-refractivity contribution in [3.63, 3.8) is 0 Å². The molecule has 21 heavy (non-hydrogen) atoms. The molecule has 7 heteroatoms. The van der Waals surface area contributed by atoms with Gasteiger partial charge in [0.15, 0.2) is 0 Å². The highest BCUT2D eigenvalue weighted by molar-refractivity contribution is 5.84.